The summed E-state index contributed by atoms with van der Waals surface area (Å²) in [5, 5.41) is 9.41. The Bertz CT molecular complexity index is 451. The molecular formula is C14H17NO2. The van der Waals surface area contributed by atoms with E-state index in [0.29, 0.717) is 11.8 Å². The number of carboxylic acids is 1. The lowest BCUT2D eigenvalue weighted by Gasteiger charge is -2.52. The van der Waals surface area contributed by atoms with Crippen LogP contribution >= 0.6 is 0 Å². The quantitative estimate of drug-likeness (QED) is 0.849. The molecule has 0 spiro atoms. The van der Waals surface area contributed by atoms with Gasteiger partial charge in [0, 0.05) is 12.2 Å². The lowest BCUT2D eigenvalue weighted by Crippen LogP contribution is -2.59. The zero-order valence-electron chi connectivity index (χ0n) is 9.97. The van der Waals surface area contributed by atoms with Crippen molar-refractivity contribution in [1.29, 1.82) is 0 Å². The average molecular weight is 231 g/mol. The summed E-state index contributed by atoms with van der Waals surface area (Å²) in [6.07, 6.45) is 2.19. The number of hydrogen-bond acceptors (Lipinski definition) is 2. The maximum absolute atomic E-state index is 11.4. The molecule has 17 heavy (non-hydrogen) atoms. The SMILES string of the molecule is Cc1ccccc1N1CC2CC(C2)C1C(=O)O. The number of carboxylic acid groups (broad SMARTS) is 1. The van der Waals surface area contributed by atoms with Crippen molar-refractivity contribution >= 4 is 11.7 Å². The van der Waals surface area contributed by atoms with Gasteiger partial charge in [0.1, 0.15) is 6.04 Å². The van der Waals surface area contributed by atoms with E-state index < -0.39 is 5.97 Å². The molecule has 1 saturated carbocycles. The lowest BCUT2D eigenvalue weighted by molar-refractivity contribution is -0.142. The predicted octanol–water partition coefficient (Wildman–Crippen LogP) is 2.29. The molecule has 0 amide bonds. The summed E-state index contributed by atoms with van der Waals surface area (Å²) in [4.78, 5) is 13.5. The minimum absolute atomic E-state index is 0.318. The highest BCUT2D eigenvalue weighted by atomic mass is 16.4. The number of benzene rings is 1. The molecule has 2 aliphatic heterocycles. The van der Waals surface area contributed by atoms with Crippen LogP contribution in [0.25, 0.3) is 0 Å². The first-order valence-corrected chi connectivity index (χ1v) is 6.22. The van der Waals surface area contributed by atoms with Crippen molar-refractivity contribution in [2.24, 2.45) is 11.8 Å². The van der Waals surface area contributed by atoms with Crippen LogP contribution in [-0.4, -0.2) is 23.7 Å². The first-order valence-electron chi connectivity index (χ1n) is 6.22. The van der Waals surface area contributed by atoms with Gasteiger partial charge < -0.3 is 10.0 Å². The Morgan fingerprint density at radius 3 is 2.71 bits per heavy atom. The molecule has 1 aromatic carbocycles. The van der Waals surface area contributed by atoms with Gasteiger partial charge in [0.2, 0.25) is 0 Å². The lowest BCUT2D eigenvalue weighted by atomic mass is 9.66. The maximum Gasteiger partial charge on any atom is 0.326 e. The van der Waals surface area contributed by atoms with Crippen LogP contribution in [0, 0.1) is 18.8 Å². The van der Waals surface area contributed by atoms with E-state index in [0.717, 1.165) is 25.1 Å². The van der Waals surface area contributed by atoms with Gasteiger partial charge >= 0.3 is 5.97 Å². The summed E-state index contributed by atoms with van der Waals surface area (Å²) < 4.78 is 0. The molecule has 1 aliphatic carbocycles. The molecule has 2 saturated heterocycles. The van der Waals surface area contributed by atoms with Crippen molar-refractivity contribution < 1.29 is 9.90 Å². The Labute approximate surface area is 101 Å². The zero-order valence-corrected chi connectivity index (χ0v) is 9.97. The monoisotopic (exact) mass is 231 g/mol. The molecule has 1 atom stereocenters. The van der Waals surface area contributed by atoms with Gasteiger partial charge in [-0.05, 0) is 43.2 Å². The molecule has 2 bridgehead atoms. The minimum Gasteiger partial charge on any atom is -0.480 e. The number of aliphatic carboxylic acids is 1. The number of aryl methyl sites for hydroxylation is 1. The van der Waals surface area contributed by atoms with Crippen LogP contribution in [0.1, 0.15) is 18.4 Å². The molecule has 1 aromatic rings. The van der Waals surface area contributed by atoms with Gasteiger partial charge in [-0.15, -0.1) is 0 Å². The summed E-state index contributed by atoms with van der Waals surface area (Å²) in [5.41, 5.74) is 2.26. The average Bonchev–Trinajstić information content (AvgIpc) is 2.27. The van der Waals surface area contributed by atoms with E-state index >= 15 is 0 Å². The van der Waals surface area contributed by atoms with Crippen LogP contribution < -0.4 is 4.90 Å². The number of piperidine rings is 2. The maximum atomic E-state index is 11.4. The highest BCUT2D eigenvalue weighted by Crippen LogP contribution is 2.45. The molecule has 1 N–H and O–H groups in total. The second kappa shape index (κ2) is 3.76. The fourth-order valence-corrected chi connectivity index (χ4v) is 3.31. The van der Waals surface area contributed by atoms with E-state index in [9.17, 15) is 9.90 Å². The fourth-order valence-electron chi connectivity index (χ4n) is 3.31. The van der Waals surface area contributed by atoms with Crippen molar-refractivity contribution in [1.82, 2.24) is 0 Å². The third-order valence-electron chi connectivity index (χ3n) is 4.19. The molecule has 3 nitrogen and oxygen atoms in total. The Morgan fingerprint density at radius 2 is 2.06 bits per heavy atom. The van der Waals surface area contributed by atoms with E-state index in [1.165, 1.54) is 5.56 Å². The largest absolute Gasteiger partial charge is 0.480 e. The predicted molar refractivity (Wildman–Crippen MR) is 66.2 cm³/mol. The second-order valence-corrected chi connectivity index (χ2v) is 5.32. The number of nitrogens with zero attached hydrogens (tertiary/aromatic N) is 1. The topological polar surface area (TPSA) is 40.5 Å². The highest BCUT2D eigenvalue weighted by molar-refractivity contribution is 5.80. The second-order valence-electron chi connectivity index (χ2n) is 5.32. The minimum atomic E-state index is -0.670. The van der Waals surface area contributed by atoms with Gasteiger partial charge in [0.25, 0.3) is 0 Å². The highest BCUT2D eigenvalue weighted by Gasteiger charge is 2.48. The Kier molecular flexibility index (Phi) is 2.35. The third kappa shape index (κ3) is 1.61. The van der Waals surface area contributed by atoms with E-state index in [1.807, 2.05) is 18.2 Å². The number of carbonyl (C=O) groups is 1. The molecule has 0 aromatic heterocycles. The molecule has 3 aliphatic rings. The van der Waals surface area contributed by atoms with Gasteiger partial charge in [-0.1, -0.05) is 18.2 Å². The first-order chi connectivity index (χ1) is 8.16. The van der Waals surface area contributed by atoms with Crippen molar-refractivity contribution in [3.63, 3.8) is 0 Å². The normalized spacial score (nSPS) is 30.9. The Balaban J connectivity index is 1.96. The molecule has 3 heteroatoms. The Hall–Kier alpha value is -1.51. The molecule has 0 radical (unpaired) electrons. The van der Waals surface area contributed by atoms with E-state index in [-0.39, 0.29) is 6.04 Å². The van der Waals surface area contributed by atoms with E-state index in [1.54, 1.807) is 0 Å². The zero-order chi connectivity index (χ0) is 12.0. The van der Waals surface area contributed by atoms with Gasteiger partial charge in [-0.3, -0.25) is 0 Å². The van der Waals surface area contributed by atoms with Crippen LogP contribution in [0.5, 0.6) is 0 Å². The molecule has 1 unspecified atom stereocenters. The third-order valence-corrected chi connectivity index (χ3v) is 4.19. The summed E-state index contributed by atoms with van der Waals surface area (Å²) in [7, 11) is 0. The first kappa shape index (κ1) is 10.6. The number of anilines is 1. The number of rotatable bonds is 2. The standard InChI is InChI=1S/C14H17NO2/c1-9-4-2-3-5-12(9)15-8-10-6-11(7-10)13(15)14(16)17/h2-5,10-11,13H,6-8H2,1H3,(H,16,17). The number of para-hydroxylation sites is 1. The van der Waals surface area contributed by atoms with Crippen LogP contribution in [0.2, 0.25) is 0 Å². The van der Waals surface area contributed by atoms with Gasteiger partial charge in [-0.25, -0.2) is 4.79 Å². The van der Waals surface area contributed by atoms with Crippen molar-refractivity contribution in [3.8, 4) is 0 Å². The molecule has 3 fully saturated rings. The number of fused-ring (bicyclic) bond motifs is 2. The summed E-state index contributed by atoms with van der Waals surface area (Å²) >= 11 is 0. The smallest absolute Gasteiger partial charge is 0.326 e. The van der Waals surface area contributed by atoms with Crippen molar-refractivity contribution in [2.45, 2.75) is 25.8 Å². The van der Waals surface area contributed by atoms with Crippen LogP contribution in [0.15, 0.2) is 24.3 Å². The summed E-state index contributed by atoms with van der Waals surface area (Å²) in [6, 6.07) is 7.76. The van der Waals surface area contributed by atoms with Crippen LogP contribution in [0.4, 0.5) is 5.69 Å². The number of hydrogen-bond donors (Lipinski definition) is 1. The van der Waals surface area contributed by atoms with Gasteiger partial charge in [0.15, 0.2) is 0 Å². The van der Waals surface area contributed by atoms with Crippen LogP contribution in [0.3, 0.4) is 0 Å². The van der Waals surface area contributed by atoms with E-state index in [2.05, 4.69) is 17.9 Å². The molecular weight excluding hydrogens is 214 g/mol. The molecule has 2 heterocycles. The molecule has 90 valence electrons. The van der Waals surface area contributed by atoms with Crippen molar-refractivity contribution in [3.05, 3.63) is 29.8 Å². The fraction of sp³-hybridized carbons (Fsp3) is 0.500. The summed E-state index contributed by atoms with van der Waals surface area (Å²) in [5.74, 6) is 0.387. The Morgan fingerprint density at radius 1 is 1.35 bits per heavy atom. The van der Waals surface area contributed by atoms with E-state index in [4.69, 9.17) is 0 Å². The van der Waals surface area contributed by atoms with Gasteiger partial charge in [0.05, 0.1) is 0 Å². The summed E-state index contributed by atoms with van der Waals surface area (Å²) in [6.45, 7) is 2.95. The molecule has 4 rings (SSSR count). The van der Waals surface area contributed by atoms with Gasteiger partial charge in [-0.2, -0.15) is 0 Å². The van der Waals surface area contributed by atoms with Crippen molar-refractivity contribution in [2.75, 3.05) is 11.4 Å². The van der Waals surface area contributed by atoms with Crippen LogP contribution in [-0.2, 0) is 4.79 Å².